The van der Waals surface area contributed by atoms with Crippen molar-refractivity contribution in [2.24, 2.45) is 0 Å². The van der Waals surface area contributed by atoms with Gasteiger partial charge < -0.3 is 14.2 Å². The van der Waals surface area contributed by atoms with E-state index in [1.54, 1.807) is 31.2 Å². The van der Waals surface area contributed by atoms with Crippen LogP contribution in [0.3, 0.4) is 0 Å². The number of esters is 1. The Kier molecular flexibility index (Phi) is 4.86. The van der Waals surface area contributed by atoms with Crippen molar-refractivity contribution in [1.29, 1.82) is 0 Å². The van der Waals surface area contributed by atoms with Gasteiger partial charge in [-0.2, -0.15) is 0 Å². The molecule has 144 valence electrons. The third-order valence-corrected chi connectivity index (χ3v) is 4.81. The summed E-state index contributed by atoms with van der Waals surface area (Å²) in [7, 11) is 0. The molecular formula is C22H19FO5. The summed E-state index contributed by atoms with van der Waals surface area (Å²) >= 11 is 0. The lowest BCUT2D eigenvalue weighted by Crippen LogP contribution is -2.08. The lowest BCUT2D eigenvalue weighted by Gasteiger charge is -2.09. The van der Waals surface area contributed by atoms with Crippen molar-refractivity contribution >= 4 is 17.8 Å². The van der Waals surface area contributed by atoms with Gasteiger partial charge in [-0.3, -0.25) is 4.79 Å². The molecule has 0 fully saturated rings. The molecular weight excluding hydrogens is 363 g/mol. The summed E-state index contributed by atoms with van der Waals surface area (Å²) in [4.78, 5) is 24.4. The fourth-order valence-corrected chi connectivity index (χ4v) is 3.50. The van der Waals surface area contributed by atoms with Crippen LogP contribution >= 0.6 is 0 Å². The Bertz CT molecular complexity index is 979. The van der Waals surface area contributed by atoms with Gasteiger partial charge in [0.15, 0.2) is 17.3 Å². The molecule has 0 bridgehead atoms. The molecule has 0 radical (unpaired) electrons. The minimum absolute atomic E-state index is 0.0964. The molecule has 0 saturated heterocycles. The van der Waals surface area contributed by atoms with Crippen LogP contribution in [0.15, 0.2) is 36.4 Å². The quantitative estimate of drug-likeness (QED) is 0.450. The average molecular weight is 382 g/mol. The Morgan fingerprint density at radius 2 is 1.96 bits per heavy atom. The molecule has 4 rings (SSSR count). The molecule has 2 aromatic rings. The summed E-state index contributed by atoms with van der Waals surface area (Å²) in [5, 5.41) is 0. The molecule has 0 saturated carbocycles. The summed E-state index contributed by atoms with van der Waals surface area (Å²) in [6.45, 7) is 2.96. The number of hydrogen-bond acceptors (Lipinski definition) is 5. The van der Waals surface area contributed by atoms with E-state index < -0.39 is 11.8 Å². The third-order valence-electron chi connectivity index (χ3n) is 4.81. The first-order valence-electron chi connectivity index (χ1n) is 9.18. The predicted octanol–water partition coefficient (Wildman–Crippen LogP) is 4.30. The van der Waals surface area contributed by atoms with Crippen molar-refractivity contribution in [3.8, 4) is 17.2 Å². The Labute approximate surface area is 161 Å². The van der Waals surface area contributed by atoms with Crippen LogP contribution < -0.4 is 14.2 Å². The van der Waals surface area contributed by atoms with E-state index in [4.69, 9.17) is 14.2 Å². The van der Waals surface area contributed by atoms with Crippen LogP contribution in [0.1, 0.15) is 47.2 Å². The van der Waals surface area contributed by atoms with Crippen molar-refractivity contribution in [2.75, 3.05) is 13.2 Å². The molecule has 0 spiro atoms. The van der Waals surface area contributed by atoms with Crippen molar-refractivity contribution in [3.63, 3.8) is 0 Å². The molecule has 2 aromatic carbocycles. The van der Waals surface area contributed by atoms with E-state index in [0.717, 1.165) is 12.0 Å². The molecule has 0 amide bonds. The fraction of sp³-hybridized carbons (Fsp3) is 0.273. The van der Waals surface area contributed by atoms with E-state index in [9.17, 15) is 14.0 Å². The Morgan fingerprint density at radius 1 is 1.18 bits per heavy atom. The molecule has 5 nitrogen and oxygen atoms in total. The Hall–Kier alpha value is -3.15. The van der Waals surface area contributed by atoms with Crippen LogP contribution in [-0.4, -0.2) is 25.0 Å². The van der Waals surface area contributed by atoms with E-state index in [0.29, 0.717) is 30.3 Å². The molecule has 28 heavy (non-hydrogen) atoms. The zero-order chi connectivity index (χ0) is 19.7. The number of ketones is 1. The van der Waals surface area contributed by atoms with Crippen LogP contribution in [0.5, 0.6) is 17.2 Å². The van der Waals surface area contributed by atoms with Crippen molar-refractivity contribution < 1.29 is 28.2 Å². The first kappa shape index (κ1) is 18.2. The maximum atomic E-state index is 14.0. The highest BCUT2D eigenvalue weighted by Crippen LogP contribution is 2.39. The van der Waals surface area contributed by atoms with Crippen LogP contribution in [0.25, 0.3) is 6.08 Å². The first-order valence-corrected chi connectivity index (χ1v) is 9.18. The third kappa shape index (κ3) is 3.50. The number of hydrogen-bond donors (Lipinski definition) is 0. The van der Waals surface area contributed by atoms with E-state index in [1.165, 1.54) is 18.2 Å². The van der Waals surface area contributed by atoms with E-state index >= 15 is 0 Å². The molecule has 0 aromatic heterocycles. The van der Waals surface area contributed by atoms with E-state index in [1.807, 2.05) is 0 Å². The number of ether oxygens (including phenoxy) is 3. The molecule has 6 heteroatoms. The van der Waals surface area contributed by atoms with Gasteiger partial charge in [-0.25, -0.2) is 9.18 Å². The molecule has 1 heterocycles. The van der Waals surface area contributed by atoms with Crippen LogP contribution in [0.2, 0.25) is 0 Å². The second-order valence-electron chi connectivity index (χ2n) is 6.87. The van der Waals surface area contributed by atoms with Crippen LogP contribution in [-0.2, 0) is 4.79 Å². The summed E-state index contributed by atoms with van der Waals surface area (Å²) in [6.07, 6.45) is 3.88. The van der Waals surface area contributed by atoms with Gasteiger partial charge in [-0.1, -0.05) is 13.0 Å². The second-order valence-corrected chi connectivity index (χ2v) is 6.87. The first-order chi connectivity index (χ1) is 13.5. The number of carbonyl (C=O) groups is 2. The van der Waals surface area contributed by atoms with Crippen molar-refractivity contribution in [2.45, 2.75) is 25.7 Å². The molecule has 1 aliphatic heterocycles. The highest BCUT2D eigenvalue weighted by atomic mass is 19.1. The smallest absolute Gasteiger partial charge is 0.336 e. The van der Waals surface area contributed by atoms with Gasteiger partial charge in [0.25, 0.3) is 0 Å². The molecule has 2 aliphatic rings. The van der Waals surface area contributed by atoms with Gasteiger partial charge in [-0.05, 0) is 41.8 Å². The van der Waals surface area contributed by atoms with Crippen LogP contribution in [0, 0.1) is 5.82 Å². The van der Waals surface area contributed by atoms with Gasteiger partial charge in [0, 0.05) is 24.5 Å². The van der Waals surface area contributed by atoms with Gasteiger partial charge in [0.05, 0.1) is 18.8 Å². The van der Waals surface area contributed by atoms with Gasteiger partial charge in [0.1, 0.15) is 11.6 Å². The number of benzene rings is 2. The van der Waals surface area contributed by atoms with Crippen molar-refractivity contribution in [1.82, 2.24) is 0 Å². The minimum atomic E-state index is -0.645. The SMILES string of the molecule is CC1CC(=O)c2c(OC(=O)/C=C/c3ccc4c(c3)OCCCO4)ccc(F)c21. The molecule has 0 N–H and O–H groups in total. The zero-order valence-corrected chi connectivity index (χ0v) is 15.4. The standard InChI is InChI=1S/C22H19FO5/c1-13-11-16(24)22-18(7-5-15(23)21(13)22)28-20(25)8-4-14-3-6-17-19(12-14)27-10-2-9-26-17/h3-8,12-13H,2,9-11H2,1H3/b8-4+. The second kappa shape index (κ2) is 7.46. The Balaban J connectivity index is 1.51. The minimum Gasteiger partial charge on any atom is -0.490 e. The maximum absolute atomic E-state index is 14.0. The average Bonchev–Trinajstić information content (AvgIpc) is 2.84. The van der Waals surface area contributed by atoms with E-state index in [2.05, 4.69) is 0 Å². The normalized spacial score (nSPS) is 18.1. The summed E-state index contributed by atoms with van der Waals surface area (Å²) in [6, 6.07) is 7.93. The highest BCUT2D eigenvalue weighted by Gasteiger charge is 2.33. The number of rotatable bonds is 3. The van der Waals surface area contributed by atoms with Gasteiger partial charge in [0.2, 0.25) is 0 Å². The lowest BCUT2D eigenvalue weighted by atomic mass is 10.0. The predicted molar refractivity (Wildman–Crippen MR) is 100 cm³/mol. The molecule has 1 aliphatic carbocycles. The van der Waals surface area contributed by atoms with Gasteiger partial charge >= 0.3 is 5.97 Å². The van der Waals surface area contributed by atoms with Gasteiger partial charge in [-0.15, -0.1) is 0 Å². The lowest BCUT2D eigenvalue weighted by molar-refractivity contribution is -0.128. The number of halogens is 1. The molecule has 1 unspecified atom stereocenters. The number of Topliss-reactive ketones (excluding diaryl/α,β-unsaturated/α-hetero) is 1. The van der Waals surface area contributed by atoms with Crippen LogP contribution in [0.4, 0.5) is 4.39 Å². The van der Waals surface area contributed by atoms with Crippen molar-refractivity contribution in [3.05, 3.63) is 58.9 Å². The monoisotopic (exact) mass is 382 g/mol. The summed E-state index contributed by atoms with van der Waals surface area (Å²) in [5.74, 6) is -0.130. The fourth-order valence-electron chi connectivity index (χ4n) is 3.50. The zero-order valence-electron chi connectivity index (χ0n) is 15.4. The summed E-state index contributed by atoms with van der Waals surface area (Å²) in [5.41, 5.74) is 1.24. The largest absolute Gasteiger partial charge is 0.490 e. The Morgan fingerprint density at radius 3 is 2.79 bits per heavy atom. The number of carbonyl (C=O) groups excluding carboxylic acids is 2. The topological polar surface area (TPSA) is 61.8 Å². The number of fused-ring (bicyclic) bond motifs is 2. The summed E-state index contributed by atoms with van der Waals surface area (Å²) < 4.78 is 30.6. The maximum Gasteiger partial charge on any atom is 0.336 e. The molecule has 1 atom stereocenters. The van der Waals surface area contributed by atoms with E-state index in [-0.39, 0.29) is 29.4 Å². The highest BCUT2D eigenvalue weighted by molar-refractivity contribution is 6.04.